The Hall–Kier alpha value is -0.930. The third kappa shape index (κ3) is 0.581. The zero-order valence-electron chi connectivity index (χ0n) is 3.41. The van der Waals surface area contributed by atoms with Crippen molar-refractivity contribution in [3.63, 3.8) is 0 Å². The molecule has 3 nitrogen and oxygen atoms in total. The van der Waals surface area contributed by atoms with Crippen molar-refractivity contribution < 1.29 is 9.13 Å². The normalized spacial score (nSPS) is 28.1. The van der Waals surface area contributed by atoms with Crippen LogP contribution < -0.4 is 0 Å². The van der Waals surface area contributed by atoms with Crippen LogP contribution in [0.1, 0.15) is 0 Å². The molecule has 0 bridgehead atoms. The van der Waals surface area contributed by atoms with E-state index >= 15 is 0 Å². The number of hydrogen-bond donors (Lipinski definition) is 0. The summed E-state index contributed by atoms with van der Waals surface area (Å²) in [6, 6.07) is 0. The Morgan fingerprint density at radius 2 is 2.57 bits per heavy atom. The summed E-state index contributed by atoms with van der Waals surface area (Å²) in [5.74, 6) is 0. The van der Waals surface area contributed by atoms with E-state index in [4.69, 9.17) is 0 Å². The maximum absolute atomic E-state index is 11.7. The molecule has 1 atom stereocenters. The molecular formula is C3H3FN2O. The van der Waals surface area contributed by atoms with Crippen molar-refractivity contribution in [2.24, 2.45) is 4.99 Å². The van der Waals surface area contributed by atoms with Crippen LogP contribution in [-0.4, -0.2) is 23.6 Å². The predicted molar refractivity (Wildman–Crippen MR) is 23.1 cm³/mol. The number of halogens is 1. The summed E-state index contributed by atoms with van der Waals surface area (Å²) >= 11 is 0. The SMILES string of the molecule is [O-][N+]1=CC=NC1F. The molecule has 0 aliphatic carbocycles. The zero-order valence-corrected chi connectivity index (χ0v) is 3.41. The van der Waals surface area contributed by atoms with Gasteiger partial charge in [-0.25, -0.2) is 0 Å². The van der Waals surface area contributed by atoms with Gasteiger partial charge in [0.25, 0.3) is 0 Å². The molecule has 1 unspecified atom stereocenters. The summed E-state index contributed by atoms with van der Waals surface area (Å²) in [7, 11) is 0. The van der Waals surface area contributed by atoms with Gasteiger partial charge in [-0.05, 0) is 0 Å². The lowest BCUT2D eigenvalue weighted by Gasteiger charge is -1.95. The molecule has 1 rings (SSSR count). The van der Waals surface area contributed by atoms with Crippen LogP contribution in [0.25, 0.3) is 0 Å². The molecule has 0 spiro atoms. The van der Waals surface area contributed by atoms with Crippen LogP contribution in [0.15, 0.2) is 4.99 Å². The average Bonchev–Trinajstić information content (AvgIpc) is 1.91. The second-order valence-corrected chi connectivity index (χ2v) is 1.12. The van der Waals surface area contributed by atoms with Gasteiger partial charge < -0.3 is 5.21 Å². The Kier molecular flexibility index (Phi) is 0.780. The minimum absolute atomic E-state index is 0.139. The first-order valence-electron chi connectivity index (χ1n) is 1.77. The topological polar surface area (TPSA) is 38.4 Å². The van der Waals surface area contributed by atoms with Gasteiger partial charge in [-0.3, -0.25) is 0 Å². The van der Waals surface area contributed by atoms with Gasteiger partial charge in [-0.15, -0.1) is 4.39 Å². The first-order valence-corrected chi connectivity index (χ1v) is 1.77. The molecule has 0 aromatic rings. The van der Waals surface area contributed by atoms with E-state index < -0.39 is 6.42 Å². The fraction of sp³-hybridized carbons (Fsp3) is 0.333. The van der Waals surface area contributed by atoms with E-state index in [9.17, 15) is 9.60 Å². The molecule has 0 amide bonds. The summed E-state index contributed by atoms with van der Waals surface area (Å²) in [5.41, 5.74) is 0. The molecule has 1 heterocycles. The van der Waals surface area contributed by atoms with Crippen molar-refractivity contribution in [1.29, 1.82) is 0 Å². The van der Waals surface area contributed by atoms with Crippen LogP contribution in [0.4, 0.5) is 4.39 Å². The predicted octanol–water partition coefficient (Wildman–Crippen LogP) is -0.0950. The van der Waals surface area contributed by atoms with E-state index in [0.717, 1.165) is 12.4 Å². The highest BCUT2D eigenvalue weighted by molar-refractivity contribution is 6.14. The average molecular weight is 102 g/mol. The van der Waals surface area contributed by atoms with Crippen LogP contribution >= 0.6 is 0 Å². The summed E-state index contributed by atoms with van der Waals surface area (Å²) in [5, 5.41) is 9.94. The van der Waals surface area contributed by atoms with E-state index in [-0.39, 0.29) is 4.74 Å². The van der Waals surface area contributed by atoms with Crippen molar-refractivity contribution in [2.75, 3.05) is 0 Å². The first-order chi connectivity index (χ1) is 3.30. The molecule has 0 radical (unpaired) electrons. The summed E-state index contributed by atoms with van der Waals surface area (Å²) in [4.78, 5) is 3.08. The second-order valence-electron chi connectivity index (χ2n) is 1.12. The molecule has 0 aromatic heterocycles. The molecule has 1 aliphatic heterocycles. The van der Waals surface area contributed by atoms with E-state index in [0.29, 0.717) is 0 Å². The quantitative estimate of drug-likeness (QED) is 0.239. The van der Waals surface area contributed by atoms with Crippen molar-refractivity contribution >= 4 is 12.4 Å². The monoisotopic (exact) mass is 102 g/mol. The van der Waals surface area contributed by atoms with Gasteiger partial charge >= 0.3 is 6.42 Å². The van der Waals surface area contributed by atoms with Crippen LogP contribution in [0.3, 0.4) is 0 Å². The fourth-order valence-electron chi connectivity index (χ4n) is 0.312. The van der Waals surface area contributed by atoms with Crippen molar-refractivity contribution in [1.82, 2.24) is 0 Å². The number of alkyl halides is 1. The second kappa shape index (κ2) is 1.29. The first kappa shape index (κ1) is 4.23. The fourth-order valence-corrected chi connectivity index (χ4v) is 0.312. The van der Waals surface area contributed by atoms with E-state index in [1.807, 2.05) is 0 Å². The number of nitrogens with zero attached hydrogens (tertiary/aromatic N) is 2. The smallest absolute Gasteiger partial charge is 0.406 e. The van der Waals surface area contributed by atoms with Gasteiger partial charge in [0.1, 0.15) is 0 Å². The van der Waals surface area contributed by atoms with Crippen molar-refractivity contribution in [3.8, 4) is 0 Å². The van der Waals surface area contributed by atoms with Gasteiger partial charge in [-0.2, -0.15) is 9.73 Å². The number of hydroxylamine groups is 1. The summed E-state index contributed by atoms with van der Waals surface area (Å²) < 4.78 is 11.8. The largest absolute Gasteiger partial charge is 0.620 e. The highest BCUT2D eigenvalue weighted by Crippen LogP contribution is 1.94. The highest BCUT2D eigenvalue weighted by atomic mass is 19.1. The van der Waals surface area contributed by atoms with Crippen LogP contribution in [0.2, 0.25) is 0 Å². The molecule has 4 heteroatoms. The van der Waals surface area contributed by atoms with Crippen LogP contribution in [0, 0.1) is 5.21 Å². The van der Waals surface area contributed by atoms with Crippen LogP contribution in [0.5, 0.6) is 0 Å². The standard InChI is InChI=1S/C3H3FN2O/c4-3-5-1-2-6(3)7/h1-3H. The third-order valence-corrected chi connectivity index (χ3v) is 0.633. The lowest BCUT2D eigenvalue weighted by atomic mass is 10.8. The van der Waals surface area contributed by atoms with Gasteiger partial charge in [0.2, 0.25) is 0 Å². The maximum Gasteiger partial charge on any atom is 0.406 e. The van der Waals surface area contributed by atoms with Crippen LogP contribution in [-0.2, 0) is 0 Å². The summed E-state index contributed by atoms with van der Waals surface area (Å²) in [6.45, 7) is 0. The molecule has 7 heavy (non-hydrogen) atoms. The number of rotatable bonds is 0. The Balaban J connectivity index is 2.69. The summed E-state index contributed by atoms with van der Waals surface area (Å²) in [6.07, 6.45) is 0.475. The minimum Gasteiger partial charge on any atom is -0.620 e. The molecule has 1 aliphatic rings. The van der Waals surface area contributed by atoms with Gasteiger partial charge in [0, 0.05) is 0 Å². The van der Waals surface area contributed by atoms with E-state index in [2.05, 4.69) is 4.99 Å². The van der Waals surface area contributed by atoms with Gasteiger partial charge in [0.15, 0.2) is 6.21 Å². The molecule has 0 aromatic carbocycles. The maximum atomic E-state index is 11.7. The third-order valence-electron chi connectivity index (χ3n) is 0.633. The Morgan fingerprint density at radius 1 is 1.86 bits per heavy atom. The molecule has 0 saturated heterocycles. The molecular weight excluding hydrogens is 99.0 g/mol. The van der Waals surface area contributed by atoms with Crippen molar-refractivity contribution in [3.05, 3.63) is 5.21 Å². The highest BCUT2D eigenvalue weighted by Gasteiger charge is 2.12. The number of hydrogen-bond acceptors (Lipinski definition) is 2. The Morgan fingerprint density at radius 3 is 2.71 bits per heavy atom. The number of aliphatic imine (C=N–C) groups is 1. The molecule has 38 valence electrons. The lowest BCUT2D eigenvalue weighted by molar-refractivity contribution is -0.521. The molecule has 0 N–H and O–H groups in total. The van der Waals surface area contributed by atoms with Gasteiger partial charge in [-0.1, -0.05) is 0 Å². The lowest BCUT2D eigenvalue weighted by Crippen LogP contribution is -2.07. The molecule has 0 fully saturated rings. The minimum atomic E-state index is -1.69. The Labute approximate surface area is 39.4 Å². The van der Waals surface area contributed by atoms with Crippen molar-refractivity contribution in [2.45, 2.75) is 6.42 Å². The molecule has 0 saturated carbocycles. The zero-order chi connectivity index (χ0) is 5.28. The Bertz CT molecular complexity index is 131. The van der Waals surface area contributed by atoms with Gasteiger partial charge in [0.05, 0.1) is 6.21 Å². The van der Waals surface area contributed by atoms with E-state index in [1.54, 1.807) is 0 Å². The van der Waals surface area contributed by atoms with E-state index in [1.165, 1.54) is 0 Å².